The van der Waals surface area contributed by atoms with Crippen LogP contribution >= 0.6 is 11.6 Å². The number of aromatic amines is 1. The van der Waals surface area contributed by atoms with Gasteiger partial charge in [0.1, 0.15) is 6.73 Å². The molecule has 142 valence electrons. The maximum Gasteiger partial charge on any atom is 0.223 e. The number of likely N-dealkylation sites (tertiary alicyclic amines) is 1. The van der Waals surface area contributed by atoms with Crippen molar-refractivity contribution < 1.29 is 12.9 Å². The van der Waals surface area contributed by atoms with Crippen LogP contribution in [0.2, 0.25) is 5.02 Å². The molecule has 0 bridgehead atoms. The summed E-state index contributed by atoms with van der Waals surface area (Å²) in [4.78, 5) is 14.0. The van der Waals surface area contributed by atoms with Crippen LogP contribution in [-0.4, -0.2) is 54.5 Å². The molecule has 3 heterocycles. The number of para-hydroxylation sites is 1. The van der Waals surface area contributed by atoms with Crippen molar-refractivity contribution in [2.75, 3.05) is 25.1 Å². The highest BCUT2D eigenvalue weighted by atomic mass is 35.5. The van der Waals surface area contributed by atoms with Crippen molar-refractivity contribution >= 4 is 39.8 Å². The van der Waals surface area contributed by atoms with Gasteiger partial charge in [-0.1, -0.05) is 29.8 Å². The molecule has 2 aromatic heterocycles. The van der Waals surface area contributed by atoms with Crippen LogP contribution < -0.4 is 5.32 Å². The zero-order valence-corrected chi connectivity index (χ0v) is 15.8. The van der Waals surface area contributed by atoms with E-state index in [0.29, 0.717) is 23.2 Å². The second kappa shape index (κ2) is 7.91. The molecule has 0 aliphatic carbocycles. The minimum Gasteiger partial charge on any atom is -0.750 e. The average molecular weight is 407 g/mol. The standard InChI is InChI=1S/C17H18ClN5O3S/c18-14-8-20-17(21-11-5-6-23(9-11)10-26-27(24)25)22-16(14)13-7-19-15-4-2-1-3-12(13)15/h1-4,7-8,11,19H,5-6,9-10H2,(H,24,25)(H,20,21,22)/p-1. The predicted molar refractivity (Wildman–Crippen MR) is 103 cm³/mol. The van der Waals surface area contributed by atoms with E-state index in [1.165, 1.54) is 0 Å². The minimum absolute atomic E-state index is 0.0519. The van der Waals surface area contributed by atoms with Gasteiger partial charge in [0, 0.05) is 41.8 Å². The number of halogens is 1. The SMILES string of the molecule is O=S([O-])OCN1CCC(Nc2ncc(Cl)c(-c3c[nH]c4ccccc34)n2)C1. The topological polar surface area (TPSA) is 106 Å². The molecular weight excluding hydrogens is 390 g/mol. The van der Waals surface area contributed by atoms with E-state index >= 15 is 0 Å². The first-order valence-corrected chi connectivity index (χ1v) is 9.78. The Morgan fingerprint density at radius 1 is 1.44 bits per heavy atom. The van der Waals surface area contributed by atoms with Crippen molar-refractivity contribution in [2.45, 2.75) is 12.5 Å². The van der Waals surface area contributed by atoms with Crippen molar-refractivity contribution in [1.29, 1.82) is 0 Å². The Kier molecular flexibility index (Phi) is 5.37. The third kappa shape index (κ3) is 4.12. The Morgan fingerprint density at radius 2 is 2.30 bits per heavy atom. The summed E-state index contributed by atoms with van der Waals surface area (Å²) in [6.45, 7) is 1.43. The van der Waals surface area contributed by atoms with Crippen molar-refractivity contribution in [1.82, 2.24) is 19.9 Å². The van der Waals surface area contributed by atoms with Crippen LogP contribution in [0.4, 0.5) is 5.95 Å². The fraction of sp³-hybridized carbons (Fsp3) is 0.294. The van der Waals surface area contributed by atoms with Gasteiger partial charge < -0.3 is 14.9 Å². The van der Waals surface area contributed by atoms with Crippen LogP contribution in [0.5, 0.6) is 0 Å². The molecule has 27 heavy (non-hydrogen) atoms. The van der Waals surface area contributed by atoms with Gasteiger partial charge in [0.25, 0.3) is 0 Å². The van der Waals surface area contributed by atoms with Crippen molar-refractivity contribution in [3.8, 4) is 11.3 Å². The molecule has 0 radical (unpaired) electrons. The van der Waals surface area contributed by atoms with Gasteiger partial charge >= 0.3 is 0 Å². The molecule has 0 spiro atoms. The van der Waals surface area contributed by atoms with Gasteiger partial charge in [-0.3, -0.25) is 9.08 Å². The largest absolute Gasteiger partial charge is 0.750 e. The van der Waals surface area contributed by atoms with E-state index in [4.69, 9.17) is 11.6 Å². The molecule has 1 aromatic carbocycles. The molecule has 3 aromatic rings. The van der Waals surface area contributed by atoms with Gasteiger partial charge in [0.15, 0.2) is 0 Å². The lowest BCUT2D eigenvalue weighted by atomic mass is 10.1. The summed E-state index contributed by atoms with van der Waals surface area (Å²) in [5.74, 6) is 0.486. The number of benzene rings is 1. The molecule has 4 rings (SSSR count). The highest BCUT2D eigenvalue weighted by Crippen LogP contribution is 2.32. The quantitative estimate of drug-likeness (QED) is 0.606. The Balaban J connectivity index is 1.51. The first-order chi connectivity index (χ1) is 13.1. The molecule has 1 fully saturated rings. The van der Waals surface area contributed by atoms with Crippen molar-refractivity contribution in [2.24, 2.45) is 0 Å². The third-order valence-corrected chi connectivity index (χ3v) is 5.10. The third-order valence-electron chi connectivity index (χ3n) is 4.53. The first-order valence-electron chi connectivity index (χ1n) is 8.40. The lowest BCUT2D eigenvalue weighted by Gasteiger charge is -2.17. The van der Waals surface area contributed by atoms with Gasteiger partial charge in [-0.25, -0.2) is 14.2 Å². The summed E-state index contributed by atoms with van der Waals surface area (Å²) in [5.41, 5.74) is 2.59. The second-order valence-electron chi connectivity index (χ2n) is 6.30. The maximum atomic E-state index is 10.5. The molecule has 1 aliphatic heterocycles. The normalized spacial score (nSPS) is 18.8. The van der Waals surface area contributed by atoms with Crippen LogP contribution in [0, 0.1) is 0 Å². The van der Waals surface area contributed by atoms with Crippen LogP contribution in [0.25, 0.3) is 22.2 Å². The number of anilines is 1. The van der Waals surface area contributed by atoms with E-state index in [1.807, 2.05) is 35.4 Å². The fourth-order valence-corrected chi connectivity index (χ4v) is 3.69. The molecule has 2 unspecified atom stereocenters. The molecular formula is C17H17ClN5O3S-. The van der Waals surface area contributed by atoms with Crippen LogP contribution in [0.15, 0.2) is 36.7 Å². The van der Waals surface area contributed by atoms with E-state index < -0.39 is 11.4 Å². The highest BCUT2D eigenvalue weighted by Gasteiger charge is 2.23. The zero-order chi connectivity index (χ0) is 18.8. The molecule has 10 heteroatoms. The van der Waals surface area contributed by atoms with E-state index in [9.17, 15) is 8.76 Å². The minimum atomic E-state index is -2.50. The molecule has 1 aliphatic rings. The number of fused-ring (bicyclic) bond motifs is 1. The smallest absolute Gasteiger partial charge is 0.223 e. The Labute approximate surface area is 163 Å². The fourth-order valence-electron chi connectivity index (χ4n) is 3.26. The second-order valence-corrected chi connectivity index (χ2v) is 7.35. The zero-order valence-electron chi connectivity index (χ0n) is 14.2. The number of aromatic nitrogens is 3. The van der Waals surface area contributed by atoms with E-state index in [-0.39, 0.29) is 12.8 Å². The molecule has 2 atom stereocenters. The van der Waals surface area contributed by atoms with Crippen molar-refractivity contribution in [3.05, 3.63) is 41.7 Å². The van der Waals surface area contributed by atoms with Gasteiger partial charge in [0.2, 0.25) is 5.95 Å². The maximum absolute atomic E-state index is 10.5. The van der Waals surface area contributed by atoms with Gasteiger partial charge in [0.05, 0.1) is 28.3 Å². The number of nitrogens with zero attached hydrogens (tertiary/aromatic N) is 3. The van der Waals surface area contributed by atoms with E-state index in [1.54, 1.807) is 6.20 Å². The van der Waals surface area contributed by atoms with E-state index in [2.05, 4.69) is 24.5 Å². The highest BCUT2D eigenvalue weighted by molar-refractivity contribution is 7.74. The predicted octanol–water partition coefficient (Wildman–Crippen LogP) is 2.53. The van der Waals surface area contributed by atoms with Crippen LogP contribution in [-0.2, 0) is 15.5 Å². The Morgan fingerprint density at radius 3 is 3.15 bits per heavy atom. The number of H-pyrrole nitrogens is 1. The number of nitrogens with one attached hydrogen (secondary N) is 2. The lowest BCUT2D eigenvalue weighted by molar-refractivity contribution is 0.152. The Hall–Kier alpha value is -2.04. The van der Waals surface area contributed by atoms with Crippen molar-refractivity contribution in [3.63, 3.8) is 0 Å². The summed E-state index contributed by atoms with van der Waals surface area (Å²) in [5, 5.41) is 4.81. The summed E-state index contributed by atoms with van der Waals surface area (Å²) in [7, 11) is 0. The summed E-state index contributed by atoms with van der Waals surface area (Å²) in [6, 6.07) is 8.05. The summed E-state index contributed by atoms with van der Waals surface area (Å²) >= 11 is 3.85. The van der Waals surface area contributed by atoms with Crippen LogP contribution in [0.3, 0.4) is 0 Å². The molecule has 1 saturated heterocycles. The van der Waals surface area contributed by atoms with Gasteiger partial charge in [-0.05, 0) is 12.5 Å². The number of hydrogen-bond acceptors (Lipinski definition) is 7. The summed E-state index contributed by atoms with van der Waals surface area (Å²) in [6.07, 6.45) is 4.31. The summed E-state index contributed by atoms with van der Waals surface area (Å²) < 4.78 is 25.6. The van der Waals surface area contributed by atoms with Crippen LogP contribution in [0.1, 0.15) is 6.42 Å². The Bertz CT molecular complexity index is 982. The monoisotopic (exact) mass is 406 g/mol. The lowest BCUT2D eigenvalue weighted by Crippen LogP contribution is -2.29. The molecule has 0 saturated carbocycles. The average Bonchev–Trinajstić information content (AvgIpc) is 3.28. The number of hydrogen-bond donors (Lipinski definition) is 2. The molecule has 0 amide bonds. The van der Waals surface area contributed by atoms with Gasteiger partial charge in [-0.15, -0.1) is 0 Å². The number of rotatable bonds is 6. The van der Waals surface area contributed by atoms with E-state index in [0.717, 1.165) is 29.4 Å². The first kappa shape index (κ1) is 18.3. The molecule has 2 N–H and O–H groups in total. The molecule has 8 nitrogen and oxygen atoms in total. The van der Waals surface area contributed by atoms with Gasteiger partial charge in [-0.2, -0.15) is 0 Å².